The van der Waals surface area contributed by atoms with Gasteiger partial charge in [-0.3, -0.25) is 4.68 Å². The molecule has 6 heteroatoms. The van der Waals surface area contributed by atoms with Crippen molar-refractivity contribution in [3.63, 3.8) is 0 Å². The van der Waals surface area contributed by atoms with E-state index in [9.17, 15) is 0 Å². The maximum Gasteiger partial charge on any atom is 0.211 e. The van der Waals surface area contributed by atoms with Gasteiger partial charge < -0.3 is 9.47 Å². The van der Waals surface area contributed by atoms with E-state index in [0.29, 0.717) is 19.1 Å². The molecule has 1 aliphatic heterocycles. The number of thiazole rings is 1. The molecular formula is C14H19N3O2S. The number of nitrogens with zero attached hydrogens (tertiary/aromatic N) is 3. The van der Waals surface area contributed by atoms with Crippen molar-refractivity contribution in [1.29, 1.82) is 0 Å². The third kappa shape index (κ3) is 2.39. The second-order valence-corrected chi connectivity index (χ2v) is 6.33. The third-order valence-corrected chi connectivity index (χ3v) is 4.50. The Morgan fingerprint density at radius 1 is 1.35 bits per heavy atom. The predicted molar refractivity (Wildman–Crippen MR) is 77.8 cm³/mol. The molecule has 0 unspecified atom stereocenters. The van der Waals surface area contributed by atoms with E-state index in [0.717, 1.165) is 21.3 Å². The summed E-state index contributed by atoms with van der Waals surface area (Å²) in [5, 5.41) is 5.46. The lowest BCUT2D eigenvalue weighted by Gasteiger charge is -2.04. The van der Waals surface area contributed by atoms with Crippen molar-refractivity contribution >= 4 is 11.3 Å². The molecule has 5 nitrogen and oxygen atoms in total. The van der Waals surface area contributed by atoms with Gasteiger partial charge in [0.25, 0.3) is 0 Å². The Morgan fingerprint density at radius 3 is 2.70 bits per heavy atom. The Morgan fingerprint density at radius 2 is 2.05 bits per heavy atom. The van der Waals surface area contributed by atoms with E-state index in [-0.39, 0.29) is 6.29 Å². The lowest BCUT2D eigenvalue weighted by molar-refractivity contribution is -0.0442. The zero-order chi connectivity index (χ0) is 14.3. The minimum absolute atomic E-state index is 0.299. The molecule has 3 rings (SSSR count). The van der Waals surface area contributed by atoms with Gasteiger partial charge in [0, 0.05) is 18.8 Å². The summed E-state index contributed by atoms with van der Waals surface area (Å²) in [4.78, 5) is 5.77. The van der Waals surface area contributed by atoms with Crippen LogP contribution in [0, 0.1) is 6.92 Å². The summed E-state index contributed by atoms with van der Waals surface area (Å²) in [7, 11) is 1.95. The highest BCUT2D eigenvalue weighted by molar-refractivity contribution is 7.15. The summed E-state index contributed by atoms with van der Waals surface area (Å²) in [6.45, 7) is 7.63. The van der Waals surface area contributed by atoms with Crippen LogP contribution in [0.2, 0.25) is 0 Å². The van der Waals surface area contributed by atoms with Crippen LogP contribution in [-0.2, 0) is 16.5 Å². The molecule has 1 fully saturated rings. The van der Waals surface area contributed by atoms with Gasteiger partial charge in [0.2, 0.25) is 6.29 Å². The first kappa shape index (κ1) is 13.7. The van der Waals surface area contributed by atoms with Crippen molar-refractivity contribution in [2.45, 2.75) is 33.0 Å². The molecule has 0 spiro atoms. The van der Waals surface area contributed by atoms with Gasteiger partial charge in [0.05, 0.1) is 29.5 Å². The van der Waals surface area contributed by atoms with Crippen molar-refractivity contribution in [3.8, 4) is 10.4 Å². The Labute approximate surface area is 122 Å². The van der Waals surface area contributed by atoms with Crippen molar-refractivity contribution in [2.24, 2.45) is 7.05 Å². The molecule has 0 N–H and O–H groups in total. The summed E-state index contributed by atoms with van der Waals surface area (Å²) in [6.07, 6.45) is 1.77. The first-order valence-corrected chi connectivity index (χ1v) is 7.62. The summed E-state index contributed by atoms with van der Waals surface area (Å²) in [6, 6.07) is 0. The van der Waals surface area contributed by atoms with Crippen LogP contribution in [0.15, 0.2) is 6.20 Å². The largest absolute Gasteiger partial charge is 0.344 e. The van der Waals surface area contributed by atoms with Crippen LogP contribution >= 0.6 is 11.3 Å². The molecule has 0 bridgehead atoms. The molecule has 3 heterocycles. The molecule has 0 aliphatic carbocycles. The van der Waals surface area contributed by atoms with Crippen LogP contribution in [0.3, 0.4) is 0 Å². The number of ether oxygens (including phenoxy) is 2. The zero-order valence-corrected chi connectivity index (χ0v) is 13.0. The Hall–Kier alpha value is -1.24. The van der Waals surface area contributed by atoms with Gasteiger partial charge >= 0.3 is 0 Å². The van der Waals surface area contributed by atoms with Gasteiger partial charge in [0.15, 0.2) is 0 Å². The molecule has 0 amide bonds. The molecule has 0 radical (unpaired) electrons. The van der Waals surface area contributed by atoms with Gasteiger partial charge in [-0.15, -0.1) is 11.3 Å². The predicted octanol–water partition coefficient (Wildman–Crippen LogP) is 3.02. The van der Waals surface area contributed by atoms with Crippen LogP contribution in [0.1, 0.15) is 42.5 Å². The molecule has 0 atom stereocenters. The Balaban J connectivity index is 2.01. The molecule has 2 aromatic rings. The summed E-state index contributed by atoms with van der Waals surface area (Å²) in [5.74, 6) is 0.384. The fourth-order valence-electron chi connectivity index (χ4n) is 2.38. The molecule has 1 saturated heterocycles. The molecule has 1 aliphatic rings. The highest BCUT2D eigenvalue weighted by Gasteiger charge is 2.25. The average molecular weight is 293 g/mol. The number of aryl methyl sites for hydroxylation is 2. The van der Waals surface area contributed by atoms with E-state index in [1.807, 2.05) is 18.7 Å². The Kier molecular flexibility index (Phi) is 3.62. The van der Waals surface area contributed by atoms with Gasteiger partial charge in [-0.2, -0.15) is 5.10 Å². The van der Waals surface area contributed by atoms with E-state index < -0.39 is 0 Å². The lowest BCUT2D eigenvalue weighted by atomic mass is 10.0. The minimum Gasteiger partial charge on any atom is -0.344 e. The van der Waals surface area contributed by atoms with Crippen molar-refractivity contribution in [2.75, 3.05) is 13.2 Å². The van der Waals surface area contributed by atoms with Crippen LogP contribution in [0.25, 0.3) is 10.4 Å². The minimum atomic E-state index is -0.299. The summed E-state index contributed by atoms with van der Waals surface area (Å²) < 4.78 is 12.9. The highest BCUT2D eigenvalue weighted by atomic mass is 32.1. The van der Waals surface area contributed by atoms with Crippen molar-refractivity contribution < 1.29 is 9.47 Å². The summed E-state index contributed by atoms with van der Waals surface area (Å²) >= 11 is 1.64. The lowest BCUT2D eigenvalue weighted by Crippen LogP contribution is -1.96. The first-order chi connectivity index (χ1) is 9.56. The number of hydrogen-bond acceptors (Lipinski definition) is 5. The van der Waals surface area contributed by atoms with E-state index >= 15 is 0 Å². The monoisotopic (exact) mass is 293 g/mol. The normalized spacial score (nSPS) is 16.4. The standard InChI is InChI=1S/C14H19N3O2S/c1-8(2)11-10(7-17(4)16-11)12-9(3)15-13(20-12)14-18-5-6-19-14/h7-8,14H,5-6H2,1-4H3. The first-order valence-electron chi connectivity index (χ1n) is 6.80. The van der Waals surface area contributed by atoms with Gasteiger partial charge in [0.1, 0.15) is 5.01 Å². The van der Waals surface area contributed by atoms with E-state index in [1.165, 1.54) is 5.56 Å². The number of hydrogen-bond donors (Lipinski definition) is 0. The van der Waals surface area contributed by atoms with Crippen LogP contribution in [-0.4, -0.2) is 28.0 Å². The van der Waals surface area contributed by atoms with Gasteiger partial charge in [-0.05, 0) is 12.8 Å². The smallest absolute Gasteiger partial charge is 0.211 e. The fourth-order valence-corrected chi connectivity index (χ4v) is 3.46. The maximum absolute atomic E-state index is 5.53. The second-order valence-electron chi connectivity index (χ2n) is 5.30. The van der Waals surface area contributed by atoms with Crippen LogP contribution < -0.4 is 0 Å². The quantitative estimate of drug-likeness (QED) is 0.873. The van der Waals surface area contributed by atoms with Crippen LogP contribution in [0.5, 0.6) is 0 Å². The topological polar surface area (TPSA) is 49.2 Å². The van der Waals surface area contributed by atoms with Crippen molar-refractivity contribution in [1.82, 2.24) is 14.8 Å². The van der Waals surface area contributed by atoms with E-state index in [4.69, 9.17) is 9.47 Å². The maximum atomic E-state index is 5.53. The second kappa shape index (κ2) is 5.27. The average Bonchev–Trinajstić information content (AvgIpc) is 3.07. The van der Waals surface area contributed by atoms with E-state index in [1.54, 1.807) is 11.3 Å². The van der Waals surface area contributed by atoms with Gasteiger partial charge in [-0.1, -0.05) is 13.8 Å². The number of aromatic nitrogens is 3. The van der Waals surface area contributed by atoms with Crippen LogP contribution in [0.4, 0.5) is 0 Å². The summed E-state index contributed by atoms with van der Waals surface area (Å²) in [5.41, 5.74) is 3.29. The molecule has 20 heavy (non-hydrogen) atoms. The van der Waals surface area contributed by atoms with Gasteiger partial charge in [-0.25, -0.2) is 4.98 Å². The molecule has 0 aromatic carbocycles. The highest BCUT2D eigenvalue weighted by Crippen LogP contribution is 2.38. The molecular weight excluding hydrogens is 274 g/mol. The zero-order valence-electron chi connectivity index (χ0n) is 12.2. The third-order valence-electron chi connectivity index (χ3n) is 3.29. The number of rotatable bonds is 3. The molecule has 2 aromatic heterocycles. The molecule has 108 valence electrons. The fraction of sp³-hybridized carbons (Fsp3) is 0.571. The SMILES string of the molecule is Cc1nc(C2OCCO2)sc1-c1cn(C)nc1C(C)C. The van der Waals surface area contributed by atoms with E-state index in [2.05, 4.69) is 30.1 Å². The van der Waals surface area contributed by atoms with Crippen molar-refractivity contribution in [3.05, 3.63) is 22.6 Å². The Bertz CT molecular complexity index is 612. The molecule has 0 saturated carbocycles.